The molecule has 0 bridgehead atoms. The lowest BCUT2D eigenvalue weighted by atomic mass is 10.2. The average Bonchev–Trinajstić information content (AvgIpc) is 3.04. The van der Waals surface area contributed by atoms with Gasteiger partial charge in [0.25, 0.3) is 15.7 Å². The maximum atomic E-state index is 12.8. The number of hydrogen-bond acceptors (Lipinski definition) is 6. The standard InChI is InChI=1S/C17H17N5O4S/c1-12-7-8-15(22(23)24)9-17(12)27(25,26)20(3)18-10-14-11-19-21-13(2)5-4-6-16(14)21/h4-11H,1-3H3/b18-10+. The van der Waals surface area contributed by atoms with E-state index in [1.165, 1.54) is 25.4 Å². The highest BCUT2D eigenvalue weighted by atomic mass is 32.2. The average molecular weight is 387 g/mol. The summed E-state index contributed by atoms with van der Waals surface area (Å²) >= 11 is 0. The van der Waals surface area contributed by atoms with E-state index in [1.54, 1.807) is 17.6 Å². The monoisotopic (exact) mass is 387 g/mol. The predicted octanol–water partition coefficient (Wildman–Crippen LogP) is 2.51. The molecule has 0 aliphatic heterocycles. The van der Waals surface area contributed by atoms with E-state index in [-0.39, 0.29) is 10.6 Å². The van der Waals surface area contributed by atoms with Gasteiger partial charge in [-0.05, 0) is 31.5 Å². The number of nitro benzene ring substituents is 1. The zero-order valence-corrected chi connectivity index (χ0v) is 15.7. The van der Waals surface area contributed by atoms with Gasteiger partial charge in [-0.25, -0.2) is 4.52 Å². The molecule has 9 nitrogen and oxygen atoms in total. The minimum Gasteiger partial charge on any atom is -0.258 e. The van der Waals surface area contributed by atoms with Gasteiger partial charge in [-0.3, -0.25) is 10.1 Å². The second kappa shape index (κ2) is 6.80. The van der Waals surface area contributed by atoms with Crippen LogP contribution in [0.3, 0.4) is 0 Å². The van der Waals surface area contributed by atoms with E-state index < -0.39 is 14.9 Å². The predicted molar refractivity (Wildman–Crippen MR) is 100 cm³/mol. The first-order valence-corrected chi connectivity index (χ1v) is 9.37. The molecule has 0 atom stereocenters. The molecule has 0 unspecified atom stereocenters. The van der Waals surface area contributed by atoms with E-state index >= 15 is 0 Å². The molecule has 0 aliphatic carbocycles. The lowest BCUT2D eigenvalue weighted by molar-refractivity contribution is -0.385. The van der Waals surface area contributed by atoms with Crippen LogP contribution in [-0.4, -0.2) is 40.6 Å². The quantitative estimate of drug-likeness (QED) is 0.379. The second-order valence-corrected chi connectivity index (χ2v) is 7.87. The number of rotatable bonds is 5. The van der Waals surface area contributed by atoms with Crippen LogP contribution in [0.4, 0.5) is 5.69 Å². The summed E-state index contributed by atoms with van der Waals surface area (Å²) in [6, 6.07) is 9.32. The van der Waals surface area contributed by atoms with Gasteiger partial charge >= 0.3 is 0 Å². The van der Waals surface area contributed by atoms with E-state index in [1.807, 2.05) is 25.1 Å². The van der Waals surface area contributed by atoms with Crippen molar-refractivity contribution in [3.63, 3.8) is 0 Å². The van der Waals surface area contributed by atoms with Crippen molar-refractivity contribution in [2.45, 2.75) is 18.7 Å². The molecule has 2 aromatic heterocycles. The number of benzene rings is 1. The Labute approximate surface area is 155 Å². The number of sulfonamides is 1. The molecule has 0 amide bonds. The molecule has 0 fully saturated rings. The summed E-state index contributed by atoms with van der Waals surface area (Å²) < 4.78 is 28.1. The number of fused-ring (bicyclic) bond motifs is 1. The van der Waals surface area contributed by atoms with Crippen molar-refractivity contribution in [3.05, 3.63) is 69.5 Å². The van der Waals surface area contributed by atoms with Gasteiger partial charge in [-0.2, -0.15) is 23.0 Å². The van der Waals surface area contributed by atoms with Gasteiger partial charge in [0.05, 0.1) is 27.7 Å². The van der Waals surface area contributed by atoms with E-state index in [0.29, 0.717) is 11.1 Å². The highest BCUT2D eigenvalue weighted by molar-refractivity contribution is 7.89. The molecule has 0 saturated heterocycles. The van der Waals surface area contributed by atoms with Crippen molar-refractivity contribution >= 4 is 27.4 Å². The molecule has 0 aliphatic rings. The Morgan fingerprint density at radius 3 is 2.70 bits per heavy atom. The van der Waals surface area contributed by atoms with Crippen LogP contribution < -0.4 is 0 Å². The first kappa shape index (κ1) is 18.5. The van der Waals surface area contributed by atoms with E-state index in [9.17, 15) is 18.5 Å². The topological polar surface area (TPSA) is 110 Å². The molecule has 0 spiro atoms. The number of nitro groups is 1. The van der Waals surface area contributed by atoms with Gasteiger partial charge < -0.3 is 0 Å². The summed E-state index contributed by atoms with van der Waals surface area (Å²) in [5.41, 5.74) is 2.47. The van der Waals surface area contributed by atoms with Crippen LogP contribution >= 0.6 is 0 Å². The summed E-state index contributed by atoms with van der Waals surface area (Å²) in [5.74, 6) is 0. The first-order valence-electron chi connectivity index (χ1n) is 7.93. The lowest BCUT2D eigenvalue weighted by Crippen LogP contribution is -2.22. The van der Waals surface area contributed by atoms with Crippen LogP contribution in [0.5, 0.6) is 0 Å². The Balaban J connectivity index is 1.96. The van der Waals surface area contributed by atoms with Crippen molar-refractivity contribution < 1.29 is 13.3 Å². The maximum absolute atomic E-state index is 12.8. The fourth-order valence-corrected chi connectivity index (χ4v) is 3.80. The number of nitrogens with zero attached hydrogens (tertiary/aromatic N) is 5. The third-order valence-electron chi connectivity index (χ3n) is 4.13. The number of hydrazone groups is 1. The summed E-state index contributed by atoms with van der Waals surface area (Å²) in [4.78, 5) is 10.2. The fraction of sp³-hybridized carbons (Fsp3) is 0.176. The molecule has 0 radical (unpaired) electrons. The minimum absolute atomic E-state index is 0.160. The SMILES string of the molecule is Cc1ccc([N+](=O)[O-])cc1S(=O)(=O)N(C)/N=C/c1cnn2c(C)cccc12. The Kier molecular flexibility index (Phi) is 4.66. The molecule has 1 aromatic carbocycles. The Bertz CT molecular complexity index is 1170. The van der Waals surface area contributed by atoms with Crippen molar-refractivity contribution in [2.24, 2.45) is 5.10 Å². The fourth-order valence-electron chi connectivity index (χ4n) is 2.60. The number of pyridine rings is 1. The lowest BCUT2D eigenvalue weighted by Gasteiger charge is -2.15. The van der Waals surface area contributed by atoms with Crippen LogP contribution in [0, 0.1) is 24.0 Å². The molecular weight excluding hydrogens is 370 g/mol. The maximum Gasteiger partial charge on any atom is 0.279 e. The van der Waals surface area contributed by atoms with Gasteiger partial charge in [0.15, 0.2) is 0 Å². The molecule has 10 heteroatoms. The van der Waals surface area contributed by atoms with Gasteiger partial charge in [-0.1, -0.05) is 12.1 Å². The van der Waals surface area contributed by atoms with Gasteiger partial charge in [0.1, 0.15) is 0 Å². The van der Waals surface area contributed by atoms with Crippen LogP contribution in [-0.2, 0) is 10.0 Å². The van der Waals surface area contributed by atoms with Gasteiger partial charge in [0, 0.05) is 30.4 Å². The highest BCUT2D eigenvalue weighted by Gasteiger charge is 2.24. The second-order valence-electron chi connectivity index (χ2n) is 5.95. The number of aromatic nitrogens is 2. The third-order valence-corrected chi connectivity index (χ3v) is 5.92. The summed E-state index contributed by atoms with van der Waals surface area (Å²) in [6.45, 7) is 3.48. The van der Waals surface area contributed by atoms with Crippen LogP contribution in [0.2, 0.25) is 0 Å². The van der Waals surface area contributed by atoms with Crippen molar-refractivity contribution in [1.29, 1.82) is 0 Å². The Morgan fingerprint density at radius 1 is 1.26 bits per heavy atom. The van der Waals surface area contributed by atoms with Crippen LogP contribution in [0.1, 0.15) is 16.8 Å². The molecule has 0 N–H and O–H groups in total. The summed E-state index contributed by atoms with van der Waals surface area (Å²) in [5, 5.41) is 19.2. The highest BCUT2D eigenvalue weighted by Crippen LogP contribution is 2.24. The molecule has 0 saturated carbocycles. The van der Waals surface area contributed by atoms with Crippen LogP contribution in [0.25, 0.3) is 5.52 Å². The summed E-state index contributed by atoms with van der Waals surface area (Å²) in [6.07, 6.45) is 2.98. The van der Waals surface area contributed by atoms with E-state index in [4.69, 9.17) is 0 Å². The molecule has 140 valence electrons. The Morgan fingerprint density at radius 2 is 2.00 bits per heavy atom. The molecular formula is C17H17N5O4S. The smallest absolute Gasteiger partial charge is 0.258 e. The normalized spacial score (nSPS) is 12.0. The molecule has 3 aromatic rings. The van der Waals surface area contributed by atoms with E-state index in [0.717, 1.165) is 21.7 Å². The number of aryl methyl sites for hydroxylation is 2. The zero-order valence-electron chi connectivity index (χ0n) is 14.9. The third kappa shape index (κ3) is 3.38. The van der Waals surface area contributed by atoms with Crippen molar-refractivity contribution in [2.75, 3.05) is 7.05 Å². The van der Waals surface area contributed by atoms with Gasteiger partial charge in [-0.15, -0.1) is 0 Å². The van der Waals surface area contributed by atoms with Crippen molar-refractivity contribution in [3.8, 4) is 0 Å². The molecule has 3 rings (SSSR count). The number of non-ortho nitro benzene ring substituents is 1. The molecule has 27 heavy (non-hydrogen) atoms. The summed E-state index contributed by atoms with van der Waals surface area (Å²) in [7, 11) is -2.76. The largest absolute Gasteiger partial charge is 0.279 e. The molecule has 2 heterocycles. The Hall–Kier alpha value is -3.27. The van der Waals surface area contributed by atoms with Crippen molar-refractivity contribution in [1.82, 2.24) is 14.0 Å². The minimum atomic E-state index is -4.04. The zero-order chi connectivity index (χ0) is 19.8. The van der Waals surface area contributed by atoms with E-state index in [2.05, 4.69) is 10.2 Å². The first-order chi connectivity index (χ1) is 12.7. The number of hydrogen-bond donors (Lipinski definition) is 0. The van der Waals surface area contributed by atoms with Crippen LogP contribution in [0.15, 0.2) is 52.6 Å². The van der Waals surface area contributed by atoms with Gasteiger partial charge in [0.2, 0.25) is 0 Å².